The predicted molar refractivity (Wildman–Crippen MR) is 142 cm³/mol. The molecule has 5 rings (SSSR count). The lowest BCUT2D eigenvalue weighted by molar-refractivity contribution is -0.137. The number of hydrogen-bond acceptors (Lipinski definition) is 8. The molecule has 1 aliphatic rings. The van der Waals surface area contributed by atoms with Gasteiger partial charge < -0.3 is 15.0 Å². The van der Waals surface area contributed by atoms with Crippen LogP contribution in [0.25, 0.3) is 10.9 Å². The quantitative estimate of drug-likeness (QED) is 0.244. The van der Waals surface area contributed by atoms with E-state index in [0.29, 0.717) is 16.7 Å². The van der Waals surface area contributed by atoms with Gasteiger partial charge in [0, 0.05) is 18.7 Å². The van der Waals surface area contributed by atoms with Crippen molar-refractivity contribution in [3.63, 3.8) is 0 Å². The zero-order valence-corrected chi connectivity index (χ0v) is 22.9. The van der Waals surface area contributed by atoms with Crippen LogP contribution in [0.15, 0.2) is 47.3 Å². The fourth-order valence-electron chi connectivity index (χ4n) is 4.38. The minimum absolute atomic E-state index is 0.0480. The van der Waals surface area contributed by atoms with Crippen molar-refractivity contribution in [2.45, 2.75) is 39.0 Å². The number of aryl methyl sites for hydroxylation is 1. The van der Waals surface area contributed by atoms with Gasteiger partial charge in [-0.25, -0.2) is 18.7 Å². The van der Waals surface area contributed by atoms with Gasteiger partial charge in [-0.2, -0.15) is 5.10 Å². The number of hydrogen-bond donors (Lipinski definition) is 1. The van der Waals surface area contributed by atoms with Gasteiger partial charge in [0.1, 0.15) is 40.6 Å². The average molecular weight is 614 g/mol. The Labute approximate surface area is 234 Å². The van der Waals surface area contributed by atoms with Crippen LogP contribution < -0.4 is 10.1 Å². The maximum Gasteiger partial charge on any atom is 0.248 e. The van der Waals surface area contributed by atoms with Crippen LogP contribution in [0.5, 0.6) is 11.6 Å². The topological polar surface area (TPSA) is 132 Å². The zero-order valence-electron chi connectivity index (χ0n) is 21.3. The van der Waals surface area contributed by atoms with E-state index in [1.165, 1.54) is 23.9 Å². The molecule has 0 radical (unpaired) electrons. The Hall–Kier alpha value is -4.33. The van der Waals surface area contributed by atoms with Crippen molar-refractivity contribution in [3.05, 3.63) is 64.5 Å². The third kappa shape index (κ3) is 5.66. The highest BCUT2D eigenvalue weighted by Crippen LogP contribution is 2.28. The standard InChI is InChI=1S/C26H22BrF2N7O4/c1-13-9-31-22(10-30-13)40-16-3-5-19-17(8-16)24(14(2)37)34-36(19)12-23(38)35-11-15(28)7-20(35)26(39)33-21-6-4-18(29)25(27)32-21/h3-6,8-10,15,20H,7,11-12H2,1-2H3,(H,32,33,39)/t15-,20+/m1/s1. The number of carbonyl (C=O) groups excluding carboxylic acids is 3. The van der Waals surface area contributed by atoms with E-state index >= 15 is 0 Å². The molecule has 3 aromatic heterocycles. The third-order valence-electron chi connectivity index (χ3n) is 6.25. The number of nitrogens with one attached hydrogen (secondary N) is 1. The first-order valence-electron chi connectivity index (χ1n) is 12.1. The van der Waals surface area contributed by atoms with Crippen LogP contribution in [0.2, 0.25) is 0 Å². The second-order valence-corrected chi connectivity index (χ2v) is 9.94. The zero-order chi connectivity index (χ0) is 28.6. The second kappa shape index (κ2) is 11.0. The Morgan fingerprint density at radius 2 is 1.98 bits per heavy atom. The molecule has 1 N–H and O–H groups in total. The van der Waals surface area contributed by atoms with E-state index in [2.05, 4.69) is 41.3 Å². The molecule has 14 heteroatoms. The lowest BCUT2D eigenvalue weighted by Crippen LogP contribution is -2.44. The summed E-state index contributed by atoms with van der Waals surface area (Å²) >= 11 is 2.95. The maximum absolute atomic E-state index is 14.4. The highest BCUT2D eigenvalue weighted by Gasteiger charge is 2.40. The summed E-state index contributed by atoms with van der Waals surface area (Å²) < 4.78 is 34.9. The van der Waals surface area contributed by atoms with Crippen molar-refractivity contribution in [3.8, 4) is 11.6 Å². The number of nitrogens with zero attached hydrogens (tertiary/aromatic N) is 6. The first-order valence-corrected chi connectivity index (χ1v) is 12.9. The van der Waals surface area contributed by atoms with Crippen LogP contribution in [0, 0.1) is 12.7 Å². The molecule has 11 nitrogen and oxygen atoms in total. The molecule has 0 unspecified atom stereocenters. The predicted octanol–water partition coefficient (Wildman–Crippen LogP) is 4.00. The number of aromatic nitrogens is 5. The average Bonchev–Trinajstić information content (AvgIpc) is 3.48. The number of alkyl halides is 1. The smallest absolute Gasteiger partial charge is 0.248 e. The molecule has 2 amide bonds. The molecule has 1 aromatic carbocycles. The van der Waals surface area contributed by atoms with E-state index in [1.807, 2.05) is 0 Å². The highest BCUT2D eigenvalue weighted by atomic mass is 79.9. The van der Waals surface area contributed by atoms with Gasteiger partial charge in [-0.05, 0) is 53.2 Å². The molecule has 1 fully saturated rings. The lowest BCUT2D eigenvalue weighted by Gasteiger charge is -2.23. The lowest BCUT2D eigenvalue weighted by atomic mass is 10.1. The van der Waals surface area contributed by atoms with Crippen LogP contribution >= 0.6 is 15.9 Å². The molecule has 0 spiro atoms. The van der Waals surface area contributed by atoms with Gasteiger partial charge in [-0.15, -0.1) is 0 Å². The number of ether oxygens (including phenoxy) is 1. The van der Waals surface area contributed by atoms with E-state index in [1.54, 1.807) is 31.3 Å². The van der Waals surface area contributed by atoms with E-state index in [4.69, 9.17) is 4.74 Å². The van der Waals surface area contributed by atoms with Gasteiger partial charge in [-0.1, -0.05) is 0 Å². The second-order valence-electron chi connectivity index (χ2n) is 9.19. The van der Waals surface area contributed by atoms with Gasteiger partial charge in [0.2, 0.25) is 17.7 Å². The summed E-state index contributed by atoms with van der Waals surface area (Å²) in [6.07, 6.45) is 1.40. The molecule has 2 atom stereocenters. The van der Waals surface area contributed by atoms with Gasteiger partial charge in [0.25, 0.3) is 0 Å². The molecule has 1 aliphatic heterocycles. The van der Waals surface area contributed by atoms with Gasteiger partial charge in [0.15, 0.2) is 11.6 Å². The fraction of sp³-hybridized carbons (Fsp3) is 0.269. The third-order valence-corrected chi connectivity index (χ3v) is 6.80. The Morgan fingerprint density at radius 3 is 2.67 bits per heavy atom. The number of anilines is 1. The van der Waals surface area contributed by atoms with Crippen LogP contribution in [0.3, 0.4) is 0 Å². The van der Waals surface area contributed by atoms with E-state index < -0.39 is 29.8 Å². The number of halogens is 3. The number of benzene rings is 1. The van der Waals surface area contributed by atoms with Crippen molar-refractivity contribution in [2.24, 2.45) is 0 Å². The fourth-order valence-corrected chi connectivity index (χ4v) is 4.70. The Balaban J connectivity index is 1.37. The number of ketones is 1. The minimum Gasteiger partial charge on any atom is -0.437 e. The Bertz CT molecular complexity index is 1630. The largest absolute Gasteiger partial charge is 0.437 e. The summed E-state index contributed by atoms with van der Waals surface area (Å²) in [4.78, 5) is 51.9. The summed E-state index contributed by atoms with van der Waals surface area (Å²) in [5.74, 6) is -1.47. The normalized spacial score (nSPS) is 16.8. The Kier molecular flexibility index (Phi) is 7.52. The Morgan fingerprint density at radius 1 is 1.18 bits per heavy atom. The van der Waals surface area contributed by atoms with Crippen LogP contribution in [-0.4, -0.2) is 66.0 Å². The first-order chi connectivity index (χ1) is 19.1. The summed E-state index contributed by atoms with van der Waals surface area (Å²) in [7, 11) is 0. The summed E-state index contributed by atoms with van der Waals surface area (Å²) in [5, 5.41) is 7.28. The van der Waals surface area contributed by atoms with Crippen molar-refractivity contribution in [1.82, 2.24) is 29.6 Å². The maximum atomic E-state index is 14.4. The molecule has 0 bridgehead atoms. The van der Waals surface area contributed by atoms with Gasteiger partial charge in [-0.3, -0.25) is 24.0 Å². The SMILES string of the molecule is CC(=O)c1nn(CC(=O)N2C[C@H](F)C[C@H]2C(=O)Nc2ccc(F)c(Br)n2)c2ccc(Oc3cnc(C)cn3)cc12. The number of carbonyl (C=O) groups is 3. The molecule has 0 saturated carbocycles. The van der Waals surface area contributed by atoms with Crippen LogP contribution in [0.4, 0.5) is 14.6 Å². The van der Waals surface area contributed by atoms with Crippen LogP contribution in [0.1, 0.15) is 29.5 Å². The first kappa shape index (κ1) is 27.2. The number of pyridine rings is 1. The van der Waals surface area contributed by atoms with Crippen molar-refractivity contribution in [1.29, 1.82) is 0 Å². The molecular weight excluding hydrogens is 592 g/mol. The molecule has 4 heterocycles. The molecular formula is C26H22BrF2N7O4. The number of rotatable bonds is 7. The molecule has 40 heavy (non-hydrogen) atoms. The molecule has 0 aliphatic carbocycles. The number of fused-ring (bicyclic) bond motifs is 1. The van der Waals surface area contributed by atoms with Crippen LogP contribution in [-0.2, 0) is 16.1 Å². The van der Waals surface area contributed by atoms with Crippen molar-refractivity contribution in [2.75, 3.05) is 11.9 Å². The summed E-state index contributed by atoms with van der Waals surface area (Å²) in [6, 6.07) is 6.14. The van der Waals surface area contributed by atoms with E-state index in [9.17, 15) is 23.2 Å². The van der Waals surface area contributed by atoms with Gasteiger partial charge >= 0.3 is 0 Å². The number of Topliss-reactive ketones (excluding diaryl/α,β-unsaturated/α-hetero) is 1. The van der Waals surface area contributed by atoms with E-state index in [0.717, 1.165) is 16.7 Å². The monoisotopic (exact) mass is 613 g/mol. The summed E-state index contributed by atoms with van der Waals surface area (Å²) in [6.45, 7) is 2.52. The van der Waals surface area contributed by atoms with E-state index in [-0.39, 0.29) is 47.3 Å². The van der Waals surface area contributed by atoms with Crippen molar-refractivity contribution < 1.29 is 27.9 Å². The molecule has 1 saturated heterocycles. The number of likely N-dealkylation sites (tertiary alicyclic amines) is 1. The molecule has 206 valence electrons. The molecule has 4 aromatic rings. The van der Waals surface area contributed by atoms with Gasteiger partial charge in [0.05, 0.1) is 30.1 Å². The number of amides is 2. The minimum atomic E-state index is -1.42. The highest BCUT2D eigenvalue weighted by molar-refractivity contribution is 9.10. The van der Waals surface area contributed by atoms with Crippen molar-refractivity contribution >= 4 is 50.2 Å². The summed E-state index contributed by atoms with van der Waals surface area (Å²) in [5.41, 5.74) is 1.32.